The zero-order chi connectivity index (χ0) is 9.14. The molecule has 0 amide bonds. The Kier molecular flexibility index (Phi) is 3.75. The van der Waals surface area contributed by atoms with Crippen LogP contribution in [0.25, 0.3) is 0 Å². The van der Waals surface area contributed by atoms with Gasteiger partial charge in [0.05, 0.1) is 3.79 Å². The molecule has 0 radical (unpaired) electrons. The van der Waals surface area contributed by atoms with Gasteiger partial charge in [-0.15, -0.1) is 11.3 Å². The average Bonchev–Trinajstić information content (AvgIpc) is 2.35. The molecule has 1 aromatic rings. The largest absolute Gasteiger partial charge is 0.327 e. The van der Waals surface area contributed by atoms with E-state index in [-0.39, 0.29) is 6.04 Å². The summed E-state index contributed by atoms with van der Waals surface area (Å²) >= 11 is 5.21. The van der Waals surface area contributed by atoms with Crippen LogP contribution in [0.3, 0.4) is 0 Å². The van der Waals surface area contributed by atoms with Crippen molar-refractivity contribution < 1.29 is 0 Å². The lowest BCUT2D eigenvalue weighted by Crippen LogP contribution is -2.28. The molecule has 0 fully saturated rings. The summed E-state index contributed by atoms with van der Waals surface area (Å²) in [6.07, 6.45) is 0.994. The third kappa shape index (κ3) is 2.88. The third-order valence-electron chi connectivity index (χ3n) is 1.92. The van der Waals surface area contributed by atoms with Gasteiger partial charge in [0, 0.05) is 10.9 Å². The van der Waals surface area contributed by atoms with Crippen molar-refractivity contribution in [1.82, 2.24) is 0 Å². The van der Waals surface area contributed by atoms with Crippen molar-refractivity contribution in [2.24, 2.45) is 11.7 Å². The molecule has 2 N–H and O–H groups in total. The molecule has 68 valence electrons. The summed E-state index contributed by atoms with van der Waals surface area (Å²) in [6.45, 7) is 4.32. The van der Waals surface area contributed by atoms with E-state index in [1.54, 1.807) is 11.3 Å². The minimum Gasteiger partial charge on any atom is -0.327 e. The summed E-state index contributed by atoms with van der Waals surface area (Å²) in [5, 5.41) is 0. The standard InChI is InChI=1S/C9H14BrNS/c1-6(2)8(11)5-7-3-4-9(10)12-7/h3-4,6,8H,5,11H2,1-2H3. The molecule has 0 aliphatic heterocycles. The number of nitrogens with two attached hydrogens (primary N) is 1. The third-order valence-corrected chi connectivity index (χ3v) is 3.57. The zero-order valence-corrected chi connectivity index (χ0v) is 9.78. The molecule has 0 saturated carbocycles. The van der Waals surface area contributed by atoms with E-state index in [1.165, 1.54) is 8.66 Å². The van der Waals surface area contributed by atoms with Crippen molar-refractivity contribution in [1.29, 1.82) is 0 Å². The molecular formula is C9H14BrNS. The summed E-state index contributed by atoms with van der Waals surface area (Å²) in [5.74, 6) is 0.561. The van der Waals surface area contributed by atoms with Crippen molar-refractivity contribution >= 4 is 27.3 Å². The van der Waals surface area contributed by atoms with Crippen LogP contribution in [0.15, 0.2) is 15.9 Å². The lowest BCUT2D eigenvalue weighted by molar-refractivity contribution is 0.493. The minimum absolute atomic E-state index is 0.288. The number of thiophene rings is 1. The molecule has 0 saturated heterocycles. The Balaban J connectivity index is 2.52. The fourth-order valence-electron chi connectivity index (χ4n) is 0.929. The van der Waals surface area contributed by atoms with Crippen molar-refractivity contribution in [2.45, 2.75) is 26.3 Å². The van der Waals surface area contributed by atoms with Crippen molar-refractivity contribution in [3.8, 4) is 0 Å². The molecule has 3 heteroatoms. The van der Waals surface area contributed by atoms with Gasteiger partial charge in [0.25, 0.3) is 0 Å². The van der Waals surface area contributed by atoms with Crippen LogP contribution in [0.5, 0.6) is 0 Å². The molecule has 0 aliphatic carbocycles. The lowest BCUT2D eigenvalue weighted by Gasteiger charge is -2.13. The Morgan fingerprint density at radius 3 is 2.58 bits per heavy atom. The second-order valence-corrected chi connectivity index (χ2v) is 5.87. The van der Waals surface area contributed by atoms with E-state index < -0.39 is 0 Å². The van der Waals surface area contributed by atoms with Crippen LogP contribution in [0, 0.1) is 5.92 Å². The van der Waals surface area contributed by atoms with E-state index in [4.69, 9.17) is 5.73 Å². The molecule has 0 aliphatic rings. The van der Waals surface area contributed by atoms with E-state index >= 15 is 0 Å². The predicted octanol–water partition coefficient (Wildman–Crippen LogP) is 3.04. The van der Waals surface area contributed by atoms with E-state index in [2.05, 4.69) is 41.9 Å². The predicted molar refractivity (Wildman–Crippen MR) is 58.5 cm³/mol. The van der Waals surface area contributed by atoms with Gasteiger partial charge in [0.15, 0.2) is 0 Å². The van der Waals surface area contributed by atoms with Crippen molar-refractivity contribution in [2.75, 3.05) is 0 Å². The fourth-order valence-corrected chi connectivity index (χ4v) is 2.48. The Morgan fingerprint density at radius 2 is 2.17 bits per heavy atom. The van der Waals surface area contributed by atoms with Crippen LogP contribution in [-0.2, 0) is 6.42 Å². The van der Waals surface area contributed by atoms with Crippen LogP contribution in [0.1, 0.15) is 18.7 Å². The zero-order valence-electron chi connectivity index (χ0n) is 7.38. The fraction of sp³-hybridized carbons (Fsp3) is 0.556. The normalized spacial score (nSPS) is 13.8. The van der Waals surface area contributed by atoms with Gasteiger partial charge < -0.3 is 5.73 Å². The molecule has 1 nitrogen and oxygen atoms in total. The minimum atomic E-state index is 0.288. The molecule has 1 unspecified atom stereocenters. The summed E-state index contributed by atoms with van der Waals surface area (Å²) in [5.41, 5.74) is 5.95. The maximum atomic E-state index is 5.95. The van der Waals surface area contributed by atoms with Crippen LogP contribution < -0.4 is 5.73 Å². The monoisotopic (exact) mass is 247 g/mol. The first-order valence-electron chi connectivity index (χ1n) is 4.09. The van der Waals surface area contributed by atoms with Crippen LogP contribution in [0.4, 0.5) is 0 Å². The van der Waals surface area contributed by atoms with Gasteiger partial charge in [-0.1, -0.05) is 13.8 Å². The summed E-state index contributed by atoms with van der Waals surface area (Å²) in [7, 11) is 0. The first kappa shape index (κ1) is 10.2. The molecule has 0 spiro atoms. The highest BCUT2D eigenvalue weighted by atomic mass is 79.9. The summed E-state index contributed by atoms with van der Waals surface area (Å²) in [6, 6.07) is 4.50. The highest BCUT2D eigenvalue weighted by Gasteiger charge is 2.09. The first-order chi connectivity index (χ1) is 5.59. The van der Waals surface area contributed by atoms with Gasteiger partial charge in [-0.05, 0) is 40.4 Å². The van der Waals surface area contributed by atoms with Crippen LogP contribution in [0.2, 0.25) is 0 Å². The summed E-state index contributed by atoms with van der Waals surface area (Å²) < 4.78 is 1.19. The Hall–Kier alpha value is 0.140. The van der Waals surface area contributed by atoms with Crippen molar-refractivity contribution in [3.05, 3.63) is 20.8 Å². The van der Waals surface area contributed by atoms with Crippen molar-refractivity contribution in [3.63, 3.8) is 0 Å². The number of halogens is 1. The van der Waals surface area contributed by atoms with Crippen LogP contribution >= 0.6 is 27.3 Å². The van der Waals surface area contributed by atoms with Gasteiger partial charge in [0.1, 0.15) is 0 Å². The molecule has 1 aromatic heterocycles. The van der Waals surface area contributed by atoms with Crippen LogP contribution in [-0.4, -0.2) is 6.04 Å². The molecule has 0 bridgehead atoms. The van der Waals surface area contributed by atoms with E-state index in [1.807, 2.05) is 0 Å². The van der Waals surface area contributed by atoms with Gasteiger partial charge in [-0.3, -0.25) is 0 Å². The SMILES string of the molecule is CC(C)C(N)Cc1ccc(Br)s1. The molecule has 0 aromatic carbocycles. The second-order valence-electron chi connectivity index (χ2n) is 3.32. The smallest absolute Gasteiger partial charge is 0.0701 e. The molecular weight excluding hydrogens is 234 g/mol. The van der Waals surface area contributed by atoms with E-state index in [0.717, 1.165) is 6.42 Å². The molecule has 1 atom stereocenters. The average molecular weight is 248 g/mol. The Morgan fingerprint density at radius 1 is 1.50 bits per heavy atom. The number of hydrogen-bond donors (Lipinski definition) is 1. The molecule has 1 heterocycles. The molecule has 1 rings (SSSR count). The quantitative estimate of drug-likeness (QED) is 0.874. The first-order valence-corrected chi connectivity index (χ1v) is 5.70. The van der Waals surface area contributed by atoms with Gasteiger partial charge in [-0.2, -0.15) is 0 Å². The topological polar surface area (TPSA) is 26.0 Å². The number of rotatable bonds is 3. The highest BCUT2D eigenvalue weighted by molar-refractivity contribution is 9.11. The van der Waals surface area contributed by atoms with Gasteiger partial charge in [-0.25, -0.2) is 0 Å². The Labute approximate surface area is 86.1 Å². The lowest BCUT2D eigenvalue weighted by atomic mass is 10.0. The maximum Gasteiger partial charge on any atom is 0.0701 e. The maximum absolute atomic E-state index is 5.95. The van der Waals surface area contributed by atoms with Gasteiger partial charge >= 0.3 is 0 Å². The second kappa shape index (κ2) is 4.40. The van der Waals surface area contributed by atoms with Gasteiger partial charge in [0.2, 0.25) is 0 Å². The summed E-state index contributed by atoms with van der Waals surface area (Å²) in [4.78, 5) is 1.36. The van der Waals surface area contributed by atoms with E-state index in [0.29, 0.717) is 5.92 Å². The highest BCUT2D eigenvalue weighted by Crippen LogP contribution is 2.23. The van der Waals surface area contributed by atoms with E-state index in [9.17, 15) is 0 Å². The number of hydrogen-bond acceptors (Lipinski definition) is 2. The Bertz CT molecular complexity index is 244. The molecule has 12 heavy (non-hydrogen) atoms.